The molecule has 0 aliphatic rings. The van der Waals surface area contributed by atoms with Crippen LogP contribution < -0.4 is 0 Å². The first kappa shape index (κ1) is 17.3. The quantitative estimate of drug-likeness (QED) is 0.620. The van der Waals surface area contributed by atoms with Crippen LogP contribution in [0.25, 0.3) is 0 Å². The fourth-order valence-corrected chi connectivity index (χ4v) is 3.05. The van der Waals surface area contributed by atoms with Gasteiger partial charge in [0.15, 0.2) is 5.82 Å². The van der Waals surface area contributed by atoms with E-state index in [-0.39, 0.29) is 5.82 Å². The van der Waals surface area contributed by atoms with Gasteiger partial charge in [-0.3, -0.25) is 4.98 Å². The van der Waals surface area contributed by atoms with Gasteiger partial charge in [0.25, 0.3) is 0 Å². The molecule has 0 spiro atoms. The molecule has 2 unspecified atom stereocenters. The summed E-state index contributed by atoms with van der Waals surface area (Å²) < 4.78 is 67.1. The standard InChI is InChI=1S/C14H13F4N3OS/c1-9(10-6-7-11(19-8-10)14(16,17)18)23(2,22)21-13-5-3-4-12(15)20-13/h3-9H,1-2H3. The molecule has 0 N–H and O–H groups in total. The predicted molar refractivity (Wildman–Crippen MR) is 78.0 cm³/mol. The molecule has 0 saturated carbocycles. The summed E-state index contributed by atoms with van der Waals surface area (Å²) in [5.41, 5.74) is -0.689. The number of alkyl halides is 3. The van der Waals surface area contributed by atoms with Gasteiger partial charge in [-0.1, -0.05) is 12.1 Å². The highest BCUT2D eigenvalue weighted by Crippen LogP contribution is 2.30. The van der Waals surface area contributed by atoms with Crippen molar-refractivity contribution in [3.8, 4) is 0 Å². The Labute approximate surface area is 130 Å². The number of halogens is 4. The van der Waals surface area contributed by atoms with Crippen molar-refractivity contribution >= 4 is 15.5 Å². The number of hydrogen-bond acceptors (Lipinski definition) is 4. The van der Waals surface area contributed by atoms with Crippen molar-refractivity contribution < 1.29 is 21.8 Å². The van der Waals surface area contributed by atoms with Crippen LogP contribution in [0.2, 0.25) is 0 Å². The lowest BCUT2D eigenvalue weighted by atomic mass is 10.2. The third-order valence-corrected chi connectivity index (χ3v) is 5.31. The van der Waals surface area contributed by atoms with Crippen LogP contribution in [0.3, 0.4) is 0 Å². The number of rotatable bonds is 3. The second-order valence-electron chi connectivity index (χ2n) is 4.89. The maximum absolute atomic E-state index is 13.0. The molecule has 0 aliphatic carbocycles. The average Bonchev–Trinajstić information content (AvgIpc) is 2.45. The molecule has 0 fully saturated rings. The summed E-state index contributed by atoms with van der Waals surface area (Å²) in [6.07, 6.45) is -2.18. The molecule has 0 bridgehead atoms. The van der Waals surface area contributed by atoms with Crippen LogP contribution in [0.1, 0.15) is 23.4 Å². The van der Waals surface area contributed by atoms with Crippen LogP contribution in [0, 0.1) is 5.95 Å². The molecule has 0 saturated heterocycles. The van der Waals surface area contributed by atoms with Crippen molar-refractivity contribution in [2.75, 3.05) is 6.26 Å². The van der Waals surface area contributed by atoms with Crippen LogP contribution in [0.5, 0.6) is 0 Å². The lowest BCUT2D eigenvalue weighted by Crippen LogP contribution is -2.11. The smallest absolute Gasteiger partial charge is 0.251 e. The summed E-state index contributed by atoms with van der Waals surface area (Å²) >= 11 is 0. The molecular weight excluding hydrogens is 334 g/mol. The van der Waals surface area contributed by atoms with Gasteiger partial charge in [0.1, 0.15) is 5.69 Å². The zero-order valence-electron chi connectivity index (χ0n) is 12.2. The van der Waals surface area contributed by atoms with Crippen molar-refractivity contribution in [1.82, 2.24) is 9.97 Å². The topological polar surface area (TPSA) is 55.2 Å². The number of hydrogen-bond donors (Lipinski definition) is 0. The van der Waals surface area contributed by atoms with Gasteiger partial charge in [0.05, 0.1) is 15.0 Å². The van der Waals surface area contributed by atoms with Crippen LogP contribution in [0.4, 0.5) is 23.4 Å². The lowest BCUT2D eigenvalue weighted by molar-refractivity contribution is -0.141. The first-order valence-corrected chi connectivity index (χ1v) is 8.45. The predicted octanol–water partition coefficient (Wildman–Crippen LogP) is 4.13. The summed E-state index contributed by atoms with van der Waals surface area (Å²) in [7, 11) is -2.91. The highest BCUT2D eigenvalue weighted by Gasteiger charge is 2.32. The maximum Gasteiger partial charge on any atom is 0.433 e. The van der Waals surface area contributed by atoms with E-state index in [1.807, 2.05) is 0 Å². The first-order chi connectivity index (χ1) is 10.6. The van der Waals surface area contributed by atoms with Crippen molar-refractivity contribution in [3.05, 3.63) is 53.7 Å². The number of pyridine rings is 2. The van der Waals surface area contributed by atoms with Gasteiger partial charge in [0, 0.05) is 12.5 Å². The highest BCUT2D eigenvalue weighted by molar-refractivity contribution is 7.93. The summed E-state index contributed by atoms with van der Waals surface area (Å²) in [5, 5.41) is -0.706. The SMILES string of the molecule is CC(c1ccc(C(F)(F)F)nc1)S(C)(=O)=Nc1cccc(F)n1. The number of aromatic nitrogens is 2. The third-order valence-electron chi connectivity index (χ3n) is 3.18. The van der Waals surface area contributed by atoms with Crippen LogP contribution in [-0.4, -0.2) is 20.4 Å². The van der Waals surface area contributed by atoms with E-state index in [1.54, 1.807) is 6.92 Å². The minimum absolute atomic E-state index is 0.0378. The molecule has 23 heavy (non-hydrogen) atoms. The molecule has 124 valence electrons. The lowest BCUT2D eigenvalue weighted by Gasteiger charge is -2.14. The summed E-state index contributed by atoms with van der Waals surface area (Å²) in [6.45, 7) is 1.55. The van der Waals surface area contributed by atoms with E-state index in [9.17, 15) is 21.8 Å². The Bertz CT molecular complexity index is 812. The van der Waals surface area contributed by atoms with E-state index < -0.39 is 32.8 Å². The van der Waals surface area contributed by atoms with Crippen molar-refractivity contribution in [1.29, 1.82) is 0 Å². The average molecular weight is 347 g/mol. The van der Waals surface area contributed by atoms with Crippen molar-refractivity contribution in [2.24, 2.45) is 4.36 Å². The van der Waals surface area contributed by atoms with E-state index in [1.165, 1.54) is 24.5 Å². The zero-order chi connectivity index (χ0) is 17.3. The fourth-order valence-electron chi connectivity index (χ4n) is 1.78. The highest BCUT2D eigenvalue weighted by atomic mass is 32.2. The minimum Gasteiger partial charge on any atom is -0.251 e. The summed E-state index contributed by atoms with van der Waals surface area (Å²) in [4.78, 5) is 6.84. The molecule has 0 amide bonds. The molecule has 2 heterocycles. The Morgan fingerprint density at radius 3 is 2.43 bits per heavy atom. The second-order valence-corrected chi connectivity index (χ2v) is 7.50. The van der Waals surface area contributed by atoms with Gasteiger partial charge in [-0.15, -0.1) is 0 Å². The molecule has 2 aromatic heterocycles. The third kappa shape index (κ3) is 4.25. The first-order valence-electron chi connectivity index (χ1n) is 6.46. The molecule has 2 aromatic rings. The van der Waals surface area contributed by atoms with Gasteiger partial charge in [0.2, 0.25) is 5.95 Å². The monoisotopic (exact) mass is 347 g/mol. The van der Waals surface area contributed by atoms with Crippen molar-refractivity contribution in [2.45, 2.75) is 18.3 Å². The van der Waals surface area contributed by atoms with Crippen molar-refractivity contribution in [3.63, 3.8) is 0 Å². The summed E-state index contributed by atoms with van der Waals surface area (Å²) in [6, 6.07) is 5.92. The Morgan fingerprint density at radius 1 is 1.22 bits per heavy atom. The van der Waals surface area contributed by atoms with E-state index in [4.69, 9.17) is 0 Å². The normalized spacial score (nSPS) is 15.7. The zero-order valence-corrected chi connectivity index (χ0v) is 13.0. The van der Waals surface area contributed by atoms with E-state index in [0.717, 1.165) is 18.3 Å². The number of nitrogens with zero attached hydrogens (tertiary/aromatic N) is 3. The summed E-state index contributed by atoms with van der Waals surface area (Å²) in [5.74, 6) is -0.797. The Balaban J connectivity index is 2.34. The molecule has 0 aromatic carbocycles. The van der Waals surface area contributed by atoms with E-state index in [2.05, 4.69) is 14.3 Å². The fraction of sp³-hybridized carbons (Fsp3) is 0.286. The van der Waals surface area contributed by atoms with Gasteiger partial charge in [-0.05, 0) is 30.7 Å². The molecule has 0 radical (unpaired) electrons. The largest absolute Gasteiger partial charge is 0.433 e. The van der Waals surface area contributed by atoms with Gasteiger partial charge in [-0.2, -0.15) is 26.9 Å². The molecule has 4 nitrogen and oxygen atoms in total. The van der Waals surface area contributed by atoms with Crippen LogP contribution in [0.15, 0.2) is 40.9 Å². The van der Waals surface area contributed by atoms with Crippen LogP contribution >= 0.6 is 0 Å². The minimum atomic E-state index is -4.54. The molecule has 0 aliphatic heterocycles. The van der Waals surface area contributed by atoms with Gasteiger partial charge < -0.3 is 0 Å². The van der Waals surface area contributed by atoms with Gasteiger partial charge in [-0.25, -0.2) is 4.21 Å². The molecule has 2 rings (SSSR count). The Morgan fingerprint density at radius 2 is 1.91 bits per heavy atom. The molecular formula is C14H13F4N3OS. The van der Waals surface area contributed by atoms with Gasteiger partial charge >= 0.3 is 6.18 Å². The Kier molecular flexibility index (Phi) is 4.69. The molecule has 9 heteroatoms. The second kappa shape index (κ2) is 6.23. The Hall–Kier alpha value is -2.03. The van der Waals surface area contributed by atoms with Crippen LogP contribution in [-0.2, 0) is 15.9 Å². The maximum atomic E-state index is 13.0. The van der Waals surface area contributed by atoms with E-state index >= 15 is 0 Å². The van der Waals surface area contributed by atoms with E-state index in [0.29, 0.717) is 5.56 Å². The molecule has 2 atom stereocenters.